The van der Waals surface area contributed by atoms with Crippen molar-refractivity contribution in [3.63, 3.8) is 0 Å². The van der Waals surface area contributed by atoms with Crippen molar-refractivity contribution < 1.29 is 18.3 Å². The van der Waals surface area contributed by atoms with Gasteiger partial charge in [0.2, 0.25) is 0 Å². The molecule has 0 unspecified atom stereocenters. The maximum atomic E-state index is 12.6. The van der Waals surface area contributed by atoms with Crippen LogP contribution in [0.3, 0.4) is 0 Å². The molecule has 1 N–H and O–H groups in total. The van der Waals surface area contributed by atoms with Gasteiger partial charge in [-0.25, -0.2) is 0 Å². The van der Waals surface area contributed by atoms with Gasteiger partial charge in [0.15, 0.2) is 0 Å². The van der Waals surface area contributed by atoms with Crippen LogP contribution in [-0.4, -0.2) is 29.2 Å². The van der Waals surface area contributed by atoms with E-state index in [2.05, 4.69) is 0 Å². The Morgan fingerprint density at radius 3 is 2.50 bits per heavy atom. The van der Waals surface area contributed by atoms with Gasteiger partial charge in [-0.2, -0.15) is 13.2 Å². The first kappa shape index (κ1) is 15.3. The minimum atomic E-state index is -4.31. The lowest BCUT2D eigenvalue weighted by Gasteiger charge is -2.28. The van der Waals surface area contributed by atoms with Crippen molar-refractivity contribution in [3.05, 3.63) is 35.4 Å². The monoisotopic (exact) mass is 287 g/mol. The molecule has 1 aliphatic carbocycles. The van der Waals surface area contributed by atoms with Crippen LogP contribution < -0.4 is 0 Å². The molecule has 0 amide bonds. The summed E-state index contributed by atoms with van der Waals surface area (Å²) in [6.45, 7) is 0.912. The highest BCUT2D eigenvalue weighted by Gasteiger charge is 2.33. The fourth-order valence-electron chi connectivity index (χ4n) is 2.91. The predicted octanol–water partition coefficient (Wildman–Crippen LogP) is 3.44. The number of rotatable bonds is 4. The van der Waals surface area contributed by atoms with E-state index < -0.39 is 17.3 Å². The number of alkyl halides is 3. The van der Waals surface area contributed by atoms with Crippen LogP contribution in [0.15, 0.2) is 24.3 Å². The van der Waals surface area contributed by atoms with Gasteiger partial charge in [0.25, 0.3) is 0 Å². The van der Waals surface area contributed by atoms with Crippen LogP contribution in [0.1, 0.15) is 36.8 Å². The Balaban J connectivity index is 1.99. The van der Waals surface area contributed by atoms with Crippen LogP contribution in [0.25, 0.3) is 0 Å². The standard InChI is InChI=1S/C15H20F3NO/c1-19(11-14(20)7-2-3-8-14)10-12-5-4-6-13(9-12)15(16,17)18/h4-6,9,20H,2-3,7-8,10-11H2,1H3. The third kappa shape index (κ3) is 3.96. The van der Waals surface area contributed by atoms with Crippen LogP contribution in [0.2, 0.25) is 0 Å². The second-order valence-corrected chi connectivity index (χ2v) is 5.80. The Morgan fingerprint density at radius 1 is 1.25 bits per heavy atom. The molecule has 112 valence electrons. The molecule has 0 heterocycles. The molecule has 5 heteroatoms. The van der Waals surface area contributed by atoms with Crippen LogP contribution in [-0.2, 0) is 12.7 Å². The van der Waals surface area contributed by atoms with Crippen molar-refractivity contribution in [1.82, 2.24) is 4.90 Å². The van der Waals surface area contributed by atoms with Crippen molar-refractivity contribution in [2.24, 2.45) is 0 Å². The highest BCUT2D eigenvalue weighted by Crippen LogP contribution is 2.31. The summed E-state index contributed by atoms with van der Waals surface area (Å²) in [4.78, 5) is 1.89. The van der Waals surface area contributed by atoms with E-state index in [1.54, 1.807) is 6.07 Å². The van der Waals surface area contributed by atoms with Crippen LogP contribution >= 0.6 is 0 Å². The van der Waals surface area contributed by atoms with Gasteiger partial charge in [0, 0.05) is 13.1 Å². The molecule has 1 fully saturated rings. The Bertz CT molecular complexity index is 453. The van der Waals surface area contributed by atoms with Gasteiger partial charge in [-0.1, -0.05) is 31.0 Å². The summed E-state index contributed by atoms with van der Waals surface area (Å²) >= 11 is 0. The summed E-state index contributed by atoms with van der Waals surface area (Å²) in [6.07, 6.45) is -0.708. The molecule has 0 aliphatic heterocycles. The number of halogens is 3. The van der Waals surface area contributed by atoms with Crippen molar-refractivity contribution in [3.8, 4) is 0 Å². The van der Waals surface area contributed by atoms with Crippen LogP contribution in [0, 0.1) is 0 Å². The second-order valence-electron chi connectivity index (χ2n) is 5.80. The van der Waals surface area contributed by atoms with E-state index in [0.717, 1.165) is 31.7 Å². The zero-order valence-electron chi connectivity index (χ0n) is 11.6. The molecule has 20 heavy (non-hydrogen) atoms. The van der Waals surface area contributed by atoms with Gasteiger partial charge < -0.3 is 5.11 Å². The number of nitrogens with zero attached hydrogens (tertiary/aromatic N) is 1. The summed E-state index contributed by atoms with van der Waals surface area (Å²) in [7, 11) is 1.83. The smallest absolute Gasteiger partial charge is 0.389 e. The number of aliphatic hydroxyl groups is 1. The van der Waals surface area contributed by atoms with E-state index in [4.69, 9.17) is 0 Å². The van der Waals surface area contributed by atoms with Crippen LogP contribution in [0.4, 0.5) is 13.2 Å². The van der Waals surface area contributed by atoms with Crippen molar-refractivity contribution in [2.75, 3.05) is 13.6 Å². The van der Waals surface area contributed by atoms with Gasteiger partial charge in [-0.15, -0.1) is 0 Å². The SMILES string of the molecule is CN(Cc1cccc(C(F)(F)F)c1)CC1(O)CCCC1. The van der Waals surface area contributed by atoms with Crippen LogP contribution in [0.5, 0.6) is 0 Å². The Kier molecular flexibility index (Phi) is 4.39. The Morgan fingerprint density at radius 2 is 1.90 bits per heavy atom. The molecule has 1 aromatic carbocycles. The highest BCUT2D eigenvalue weighted by atomic mass is 19.4. The number of hydrogen-bond acceptors (Lipinski definition) is 2. The summed E-state index contributed by atoms with van der Waals surface area (Å²) in [5.74, 6) is 0. The fourth-order valence-corrected chi connectivity index (χ4v) is 2.91. The van der Waals surface area contributed by atoms with E-state index in [0.29, 0.717) is 18.7 Å². The first-order valence-corrected chi connectivity index (χ1v) is 6.86. The molecule has 0 saturated heterocycles. The average Bonchev–Trinajstić information content (AvgIpc) is 2.74. The fraction of sp³-hybridized carbons (Fsp3) is 0.600. The number of hydrogen-bond donors (Lipinski definition) is 1. The molecule has 1 aliphatic rings. The topological polar surface area (TPSA) is 23.5 Å². The molecule has 0 radical (unpaired) electrons. The first-order valence-electron chi connectivity index (χ1n) is 6.86. The summed E-state index contributed by atoms with van der Waals surface area (Å²) in [6, 6.07) is 5.36. The third-order valence-corrected chi connectivity index (χ3v) is 3.81. The van der Waals surface area contributed by atoms with Gasteiger partial charge in [0.05, 0.1) is 11.2 Å². The molecule has 1 saturated carbocycles. The van der Waals surface area contributed by atoms with E-state index in [1.807, 2.05) is 11.9 Å². The van der Waals surface area contributed by atoms with Gasteiger partial charge in [-0.3, -0.25) is 4.90 Å². The van der Waals surface area contributed by atoms with E-state index in [1.165, 1.54) is 12.1 Å². The highest BCUT2D eigenvalue weighted by molar-refractivity contribution is 5.25. The van der Waals surface area contributed by atoms with Crippen molar-refractivity contribution in [2.45, 2.75) is 44.0 Å². The molecule has 0 bridgehead atoms. The maximum absolute atomic E-state index is 12.6. The first-order chi connectivity index (χ1) is 9.28. The number of benzene rings is 1. The lowest BCUT2D eigenvalue weighted by Crippen LogP contribution is -2.38. The molecule has 2 nitrogen and oxygen atoms in total. The van der Waals surface area contributed by atoms with E-state index in [9.17, 15) is 18.3 Å². The molecule has 1 aromatic rings. The summed E-state index contributed by atoms with van der Waals surface area (Å²) in [5, 5.41) is 10.3. The Labute approximate surface area is 117 Å². The Hall–Kier alpha value is -1.07. The van der Waals surface area contributed by atoms with Crippen molar-refractivity contribution in [1.29, 1.82) is 0 Å². The third-order valence-electron chi connectivity index (χ3n) is 3.81. The lowest BCUT2D eigenvalue weighted by atomic mass is 10.0. The van der Waals surface area contributed by atoms with Gasteiger partial charge in [0.1, 0.15) is 0 Å². The van der Waals surface area contributed by atoms with Crippen molar-refractivity contribution >= 4 is 0 Å². The number of likely N-dealkylation sites (N-methyl/N-ethyl adjacent to an activating group) is 1. The van der Waals surface area contributed by atoms with E-state index in [-0.39, 0.29) is 0 Å². The minimum Gasteiger partial charge on any atom is -0.389 e. The second kappa shape index (κ2) is 5.74. The summed E-state index contributed by atoms with van der Waals surface area (Å²) < 4.78 is 37.9. The van der Waals surface area contributed by atoms with E-state index >= 15 is 0 Å². The molecule has 0 aromatic heterocycles. The summed E-state index contributed by atoms with van der Waals surface area (Å²) in [5.41, 5.74) is -0.678. The average molecular weight is 287 g/mol. The lowest BCUT2D eigenvalue weighted by molar-refractivity contribution is -0.137. The molecular weight excluding hydrogens is 267 g/mol. The quantitative estimate of drug-likeness (QED) is 0.917. The zero-order valence-corrected chi connectivity index (χ0v) is 11.6. The zero-order chi connectivity index (χ0) is 14.8. The minimum absolute atomic E-state index is 0.409. The van der Waals surface area contributed by atoms with Gasteiger partial charge >= 0.3 is 6.18 Å². The maximum Gasteiger partial charge on any atom is 0.416 e. The normalized spacial score (nSPS) is 18.7. The molecule has 0 atom stereocenters. The molecular formula is C15H20F3NO. The predicted molar refractivity (Wildman–Crippen MR) is 71.2 cm³/mol. The van der Waals surface area contributed by atoms with Gasteiger partial charge in [-0.05, 0) is 31.5 Å². The largest absolute Gasteiger partial charge is 0.416 e. The molecule has 2 rings (SSSR count). The molecule has 0 spiro atoms.